The first-order valence-electron chi connectivity index (χ1n) is 8.58. The molecular formula is C16H18F3N3O5S. The van der Waals surface area contributed by atoms with E-state index in [1.165, 1.54) is 15.9 Å². The summed E-state index contributed by atoms with van der Waals surface area (Å²) >= 11 is 0. The molecule has 8 nitrogen and oxygen atoms in total. The van der Waals surface area contributed by atoms with Crippen LogP contribution in [0.25, 0.3) is 0 Å². The van der Waals surface area contributed by atoms with Crippen molar-refractivity contribution < 1.29 is 31.3 Å². The van der Waals surface area contributed by atoms with Crippen LogP contribution in [0.5, 0.6) is 0 Å². The van der Waals surface area contributed by atoms with Gasteiger partial charge in [-0.15, -0.1) is 0 Å². The van der Waals surface area contributed by atoms with Crippen molar-refractivity contribution >= 4 is 27.1 Å². The molecule has 28 heavy (non-hydrogen) atoms. The van der Waals surface area contributed by atoms with Gasteiger partial charge in [-0.25, -0.2) is 8.42 Å². The monoisotopic (exact) mass is 421 g/mol. The maximum atomic E-state index is 13.0. The average Bonchev–Trinajstić information content (AvgIpc) is 3.11. The fourth-order valence-electron chi connectivity index (χ4n) is 3.41. The van der Waals surface area contributed by atoms with Crippen LogP contribution in [0.4, 0.5) is 24.5 Å². The zero-order valence-electron chi connectivity index (χ0n) is 14.7. The number of rotatable bonds is 3. The van der Waals surface area contributed by atoms with Crippen molar-refractivity contribution in [3.05, 3.63) is 33.9 Å². The number of halogens is 3. The standard InChI is InChI=1S/C16H18F3N3O5S/c17-16(18,19)11-3-4-21(10-11)14-9-12(22(24)25)1-2-13(14)15(23)20-5-7-28(26,27)8-6-20/h1-2,9,11H,3-8,10H2. The Morgan fingerprint density at radius 3 is 2.36 bits per heavy atom. The number of amides is 1. The van der Waals surface area contributed by atoms with Crippen LogP contribution in [0.3, 0.4) is 0 Å². The van der Waals surface area contributed by atoms with Crippen LogP contribution < -0.4 is 4.90 Å². The average molecular weight is 421 g/mol. The minimum Gasteiger partial charge on any atom is -0.370 e. The Morgan fingerprint density at radius 2 is 1.82 bits per heavy atom. The highest BCUT2D eigenvalue weighted by Crippen LogP contribution is 2.37. The second-order valence-electron chi connectivity index (χ2n) is 6.88. The molecule has 0 N–H and O–H groups in total. The summed E-state index contributed by atoms with van der Waals surface area (Å²) in [4.78, 5) is 25.9. The van der Waals surface area contributed by atoms with Crippen molar-refractivity contribution in [3.8, 4) is 0 Å². The molecule has 0 radical (unpaired) electrons. The van der Waals surface area contributed by atoms with Crippen LogP contribution in [0.2, 0.25) is 0 Å². The Kier molecular flexibility index (Phi) is 5.26. The van der Waals surface area contributed by atoms with Gasteiger partial charge in [0.25, 0.3) is 11.6 Å². The van der Waals surface area contributed by atoms with Crippen LogP contribution in [-0.2, 0) is 9.84 Å². The molecule has 2 aliphatic heterocycles. The van der Waals surface area contributed by atoms with Crippen molar-refractivity contribution in [2.45, 2.75) is 12.6 Å². The van der Waals surface area contributed by atoms with Crippen molar-refractivity contribution in [3.63, 3.8) is 0 Å². The lowest BCUT2D eigenvalue weighted by atomic mass is 10.1. The molecule has 0 spiro atoms. The molecule has 1 aromatic rings. The molecule has 2 heterocycles. The van der Waals surface area contributed by atoms with Gasteiger partial charge in [-0.05, 0) is 12.5 Å². The SMILES string of the molecule is O=C(c1ccc([N+](=O)[O-])cc1N1CCC(C(F)(F)F)C1)N1CCS(=O)(=O)CC1. The van der Waals surface area contributed by atoms with E-state index in [-0.39, 0.29) is 61.0 Å². The van der Waals surface area contributed by atoms with Crippen molar-refractivity contribution in [1.82, 2.24) is 4.90 Å². The summed E-state index contributed by atoms with van der Waals surface area (Å²) in [5, 5.41) is 11.1. The highest BCUT2D eigenvalue weighted by atomic mass is 32.2. The van der Waals surface area contributed by atoms with E-state index in [9.17, 15) is 36.5 Å². The number of alkyl halides is 3. The van der Waals surface area contributed by atoms with E-state index in [4.69, 9.17) is 0 Å². The van der Waals surface area contributed by atoms with Gasteiger partial charge >= 0.3 is 6.18 Å². The maximum absolute atomic E-state index is 13.0. The van der Waals surface area contributed by atoms with Crippen molar-refractivity contribution in [1.29, 1.82) is 0 Å². The van der Waals surface area contributed by atoms with E-state index < -0.39 is 32.8 Å². The predicted octanol–water partition coefficient (Wildman–Crippen LogP) is 1.85. The maximum Gasteiger partial charge on any atom is 0.393 e. The van der Waals surface area contributed by atoms with Crippen LogP contribution in [0.15, 0.2) is 18.2 Å². The van der Waals surface area contributed by atoms with Crippen LogP contribution in [0, 0.1) is 16.0 Å². The molecule has 0 aromatic heterocycles. The van der Waals surface area contributed by atoms with Gasteiger partial charge in [-0.3, -0.25) is 14.9 Å². The zero-order valence-corrected chi connectivity index (χ0v) is 15.5. The van der Waals surface area contributed by atoms with E-state index in [2.05, 4.69) is 0 Å². The molecule has 2 aliphatic rings. The number of nitrogens with zero attached hydrogens (tertiary/aromatic N) is 3. The van der Waals surface area contributed by atoms with Gasteiger partial charge in [-0.2, -0.15) is 13.2 Å². The lowest BCUT2D eigenvalue weighted by molar-refractivity contribution is -0.384. The third-order valence-electron chi connectivity index (χ3n) is 5.05. The second-order valence-corrected chi connectivity index (χ2v) is 9.18. The minimum absolute atomic E-state index is 0.0139. The summed E-state index contributed by atoms with van der Waals surface area (Å²) in [7, 11) is -3.22. The molecule has 12 heteroatoms. The van der Waals surface area contributed by atoms with Crippen LogP contribution in [-0.4, -0.2) is 68.0 Å². The Hall–Kier alpha value is -2.37. The van der Waals surface area contributed by atoms with Gasteiger partial charge in [0, 0.05) is 38.3 Å². The fraction of sp³-hybridized carbons (Fsp3) is 0.562. The number of hydrogen-bond acceptors (Lipinski definition) is 6. The van der Waals surface area contributed by atoms with E-state index in [1.54, 1.807) is 0 Å². The number of carbonyl (C=O) groups excluding carboxylic acids is 1. The summed E-state index contributed by atoms with van der Waals surface area (Å²) in [6.07, 6.45) is -4.55. The zero-order chi connectivity index (χ0) is 20.7. The van der Waals surface area contributed by atoms with E-state index in [0.29, 0.717) is 0 Å². The number of nitro benzene ring substituents is 1. The number of benzene rings is 1. The summed E-state index contributed by atoms with van der Waals surface area (Å²) in [6, 6.07) is 3.45. The molecule has 0 saturated carbocycles. The predicted molar refractivity (Wildman–Crippen MR) is 94.0 cm³/mol. The summed E-state index contributed by atoms with van der Waals surface area (Å²) < 4.78 is 62.1. The van der Waals surface area contributed by atoms with Crippen molar-refractivity contribution in [2.24, 2.45) is 5.92 Å². The molecule has 2 saturated heterocycles. The largest absolute Gasteiger partial charge is 0.393 e. The number of carbonyl (C=O) groups is 1. The normalized spacial score (nSPS) is 22.3. The van der Waals surface area contributed by atoms with Gasteiger partial charge in [0.15, 0.2) is 9.84 Å². The molecule has 154 valence electrons. The van der Waals surface area contributed by atoms with Gasteiger partial charge in [0.05, 0.1) is 33.6 Å². The lowest BCUT2D eigenvalue weighted by Gasteiger charge is -2.29. The number of non-ortho nitro benzene ring substituents is 1. The van der Waals surface area contributed by atoms with Gasteiger partial charge in [0.1, 0.15) is 0 Å². The highest BCUT2D eigenvalue weighted by Gasteiger charge is 2.44. The van der Waals surface area contributed by atoms with Gasteiger partial charge in [-0.1, -0.05) is 0 Å². The Labute approximate surface area is 159 Å². The smallest absolute Gasteiger partial charge is 0.370 e. The Bertz CT molecular complexity index is 889. The number of anilines is 1. The Morgan fingerprint density at radius 1 is 1.18 bits per heavy atom. The quantitative estimate of drug-likeness (QED) is 0.546. The lowest BCUT2D eigenvalue weighted by Crippen LogP contribution is -2.44. The van der Waals surface area contributed by atoms with Crippen LogP contribution >= 0.6 is 0 Å². The third-order valence-corrected chi connectivity index (χ3v) is 6.66. The molecule has 2 fully saturated rings. The molecular weight excluding hydrogens is 403 g/mol. The number of sulfone groups is 1. The first-order valence-corrected chi connectivity index (χ1v) is 10.4. The summed E-state index contributed by atoms with van der Waals surface area (Å²) in [6.45, 7) is -0.426. The topological polar surface area (TPSA) is 101 Å². The molecule has 1 atom stereocenters. The molecule has 1 amide bonds. The third kappa shape index (κ3) is 4.21. The minimum atomic E-state index is -4.39. The molecule has 0 aliphatic carbocycles. The van der Waals surface area contributed by atoms with Gasteiger partial charge < -0.3 is 9.80 Å². The second kappa shape index (κ2) is 7.22. The fourth-order valence-corrected chi connectivity index (χ4v) is 4.61. The number of hydrogen-bond donors (Lipinski definition) is 0. The molecule has 1 aromatic carbocycles. The molecule has 1 unspecified atom stereocenters. The van der Waals surface area contributed by atoms with E-state index >= 15 is 0 Å². The van der Waals surface area contributed by atoms with Crippen LogP contribution in [0.1, 0.15) is 16.8 Å². The van der Waals surface area contributed by atoms with E-state index in [0.717, 1.165) is 12.1 Å². The highest BCUT2D eigenvalue weighted by molar-refractivity contribution is 7.91. The first-order chi connectivity index (χ1) is 13.0. The first kappa shape index (κ1) is 20.4. The van der Waals surface area contributed by atoms with E-state index in [1.807, 2.05) is 0 Å². The summed E-state index contributed by atoms with van der Waals surface area (Å²) in [5.74, 6) is -2.51. The summed E-state index contributed by atoms with van der Waals surface area (Å²) in [5.41, 5.74) is -0.227. The number of nitro groups is 1. The van der Waals surface area contributed by atoms with Crippen molar-refractivity contribution in [2.75, 3.05) is 42.6 Å². The Balaban J connectivity index is 1.91. The van der Waals surface area contributed by atoms with Gasteiger partial charge in [0.2, 0.25) is 0 Å². The molecule has 3 rings (SSSR count). The molecule has 0 bridgehead atoms.